The third-order valence-electron chi connectivity index (χ3n) is 2.72. The van der Waals surface area contributed by atoms with Crippen LogP contribution in [0, 0.1) is 10.1 Å². The molecule has 1 aromatic heterocycles. The second kappa shape index (κ2) is 6.10. The average molecular weight is 260 g/mol. The van der Waals surface area contributed by atoms with E-state index in [1.807, 2.05) is 0 Å². The van der Waals surface area contributed by atoms with E-state index < -0.39 is 4.92 Å². The fourth-order valence-electron chi connectivity index (χ4n) is 1.74. The summed E-state index contributed by atoms with van der Waals surface area (Å²) in [7, 11) is 0. The van der Waals surface area contributed by atoms with Crippen LogP contribution in [-0.2, 0) is 6.54 Å². The van der Waals surface area contributed by atoms with Gasteiger partial charge in [0.05, 0.1) is 4.92 Å². The zero-order valence-electron chi connectivity index (χ0n) is 10.7. The Labute approximate surface area is 111 Å². The van der Waals surface area contributed by atoms with Gasteiger partial charge in [-0.3, -0.25) is 10.1 Å². The van der Waals surface area contributed by atoms with E-state index in [0.717, 1.165) is 36.6 Å². The molecule has 0 aliphatic rings. The number of nitrogens with zero attached hydrogens (tertiary/aromatic N) is 2. The molecule has 2 rings (SSSR count). The highest BCUT2D eigenvalue weighted by atomic mass is 16.6. The second-order valence-electron chi connectivity index (χ2n) is 4.24. The highest BCUT2D eigenvalue weighted by Crippen LogP contribution is 2.19. The first-order valence-electron chi connectivity index (χ1n) is 6.20. The molecule has 19 heavy (non-hydrogen) atoms. The molecule has 2 N–H and O–H groups in total. The molecular weight excluding hydrogens is 244 g/mol. The Kier molecular flexibility index (Phi) is 4.25. The third kappa shape index (κ3) is 3.38. The van der Waals surface area contributed by atoms with Crippen LogP contribution in [0.1, 0.15) is 19.0 Å². The number of H-pyrrole nitrogens is 1. The summed E-state index contributed by atoms with van der Waals surface area (Å²) in [4.78, 5) is 17.6. The van der Waals surface area contributed by atoms with Crippen LogP contribution >= 0.6 is 0 Å². The first-order valence-corrected chi connectivity index (χ1v) is 6.20. The van der Waals surface area contributed by atoms with Crippen LogP contribution in [0.25, 0.3) is 11.4 Å². The number of aromatic nitrogens is 2. The maximum atomic E-state index is 10.6. The summed E-state index contributed by atoms with van der Waals surface area (Å²) in [5.74, 6) is 0.725. The molecule has 0 bridgehead atoms. The van der Waals surface area contributed by atoms with Crippen molar-refractivity contribution < 1.29 is 4.92 Å². The average Bonchev–Trinajstić information content (AvgIpc) is 2.88. The predicted octanol–water partition coefficient (Wildman–Crippen LogP) is 2.48. The Morgan fingerprint density at radius 2 is 2.11 bits per heavy atom. The number of nitro benzene ring substituents is 1. The molecule has 100 valence electrons. The molecule has 0 saturated heterocycles. The summed E-state index contributed by atoms with van der Waals surface area (Å²) < 4.78 is 0. The Hall–Kier alpha value is -2.21. The van der Waals surface area contributed by atoms with Crippen LogP contribution < -0.4 is 5.32 Å². The number of hydrogen-bond acceptors (Lipinski definition) is 4. The minimum absolute atomic E-state index is 0.0835. The molecule has 2 aromatic rings. The van der Waals surface area contributed by atoms with Gasteiger partial charge in [0.2, 0.25) is 0 Å². The van der Waals surface area contributed by atoms with Crippen LogP contribution in [-0.4, -0.2) is 21.4 Å². The maximum absolute atomic E-state index is 10.6. The van der Waals surface area contributed by atoms with Gasteiger partial charge < -0.3 is 10.3 Å². The van der Waals surface area contributed by atoms with E-state index in [1.54, 1.807) is 18.3 Å². The van der Waals surface area contributed by atoms with Gasteiger partial charge in [-0.25, -0.2) is 4.98 Å². The first-order chi connectivity index (χ1) is 9.20. The van der Waals surface area contributed by atoms with Crippen LogP contribution in [0.2, 0.25) is 0 Å². The molecule has 1 heterocycles. The lowest BCUT2D eigenvalue weighted by Gasteiger charge is -1.99. The Balaban J connectivity index is 2.07. The molecule has 6 nitrogen and oxygen atoms in total. The minimum atomic E-state index is -0.411. The SMILES string of the molecule is CCCNCc1cnc(-c2ccc([N+](=O)[O-])cc2)[nH]1. The lowest BCUT2D eigenvalue weighted by Crippen LogP contribution is -2.13. The maximum Gasteiger partial charge on any atom is 0.269 e. The van der Waals surface area contributed by atoms with E-state index >= 15 is 0 Å². The predicted molar refractivity (Wildman–Crippen MR) is 72.7 cm³/mol. The molecule has 0 fully saturated rings. The van der Waals surface area contributed by atoms with Gasteiger partial charge in [0.15, 0.2) is 0 Å². The normalized spacial score (nSPS) is 10.6. The van der Waals surface area contributed by atoms with Gasteiger partial charge in [-0.2, -0.15) is 0 Å². The van der Waals surface area contributed by atoms with Crippen molar-refractivity contribution in [3.05, 3.63) is 46.3 Å². The van der Waals surface area contributed by atoms with Crippen molar-refractivity contribution in [2.24, 2.45) is 0 Å². The number of non-ortho nitro benzene ring substituents is 1. The zero-order valence-corrected chi connectivity index (χ0v) is 10.7. The van der Waals surface area contributed by atoms with Gasteiger partial charge in [0.1, 0.15) is 5.82 Å². The van der Waals surface area contributed by atoms with Crippen molar-refractivity contribution in [3.63, 3.8) is 0 Å². The van der Waals surface area contributed by atoms with Crippen LogP contribution in [0.3, 0.4) is 0 Å². The van der Waals surface area contributed by atoms with E-state index in [-0.39, 0.29) is 5.69 Å². The molecule has 0 amide bonds. The minimum Gasteiger partial charge on any atom is -0.341 e. The number of rotatable bonds is 6. The Morgan fingerprint density at radius 1 is 1.37 bits per heavy atom. The summed E-state index contributed by atoms with van der Waals surface area (Å²) in [6.07, 6.45) is 2.86. The zero-order chi connectivity index (χ0) is 13.7. The topological polar surface area (TPSA) is 83.8 Å². The van der Waals surface area contributed by atoms with E-state index in [0.29, 0.717) is 0 Å². The lowest BCUT2D eigenvalue weighted by molar-refractivity contribution is -0.384. The van der Waals surface area contributed by atoms with Crippen LogP contribution in [0.5, 0.6) is 0 Å². The van der Waals surface area contributed by atoms with Gasteiger partial charge in [0.25, 0.3) is 5.69 Å². The van der Waals surface area contributed by atoms with Crippen LogP contribution in [0.15, 0.2) is 30.5 Å². The summed E-state index contributed by atoms with van der Waals surface area (Å²) in [5.41, 5.74) is 1.93. The van der Waals surface area contributed by atoms with Gasteiger partial charge in [-0.05, 0) is 25.1 Å². The quantitative estimate of drug-likeness (QED) is 0.475. The lowest BCUT2D eigenvalue weighted by atomic mass is 10.2. The fraction of sp³-hybridized carbons (Fsp3) is 0.308. The van der Waals surface area contributed by atoms with Crippen molar-refractivity contribution in [2.45, 2.75) is 19.9 Å². The molecule has 0 atom stereocenters. The number of hydrogen-bond donors (Lipinski definition) is 2. The highest BCUT2D eigenvalue weighted by Gasteiger charge is 2.07. The van der Waals surface area contributed by atoms with Gasteiger partial charge in [-0.1, -0.05) is 6.92 Å². The summed E-state index contributed by atoms with van der Waals surface area (Å²) in [6.45, 7) is 3.82. The molecular formula is C13H16N4O2. The number of benzene rings is 1. The van der Waals surface area contributed by atoms with Crippen molar-refractivity contribution in [1.82, 2.24) is 15.3 Å². The van der Waals surface area contributed by atoms with E-state index in [9.17, 15) is 10.1 Å². The standard InChI is InChI=1S/C13H16N4O2/c1-2-7-14-8-11-9-15-13(16-11)10-3-5-12(6-4-10)17(18)19/h3-6,9,14H,2,7-8H2,1H3,(H,15,16). The first kappa shape index (κ1) is 13.2. The number of nitrogens with one attached hydrogen (secondary N) is 2. The van der Waals surface area contributed by atoms with Gasteiger partial charge in [-0.15, -0.1) is 0 Å². The Bertz CT molecular complexity index is 548. The largest absolute Gasteiger partial charge is 0.341 e. The fourth-order valence-corrected chi connectivity index (χ4v) is 1.74. The number of nitro groups is 1. The monoisotopic (exact) mass is 260 g/mol. The summed E-state index contributed by atoms with van der Waals surface area (Å²) in [5, 5.41) is 13.9. The smallest absolute Gasteiger partial charge is 0.269 e. The molecule has 0 spiro atoms. The molecule has 1 aromatic carbocycles. The Morgan fingerprint density at radius 3 is 2.74 bits per heavy atom. The highest BCUT2D eigenvalue weighted by molar-refractivity contribution is 5.57. The molecule has 0 aliphatic heterocycles. The third-order valence-corrected chi connectivity index (χ3v) is 2.72. The van der Waals surface area contributed by atoms with Crippen LogP contribution in [0.4, 0.5) is 5.69 Å². The molecule has 6 heteroatoms. The molecule has 0 unspecified atom stereocenters. The van der Waals surface area contributed by atoms with Gasteiger partial charge in [0, 0.05) is 36.1 Å². The molecule has 0 aliphatic carbocycles. The summed E-state index contributed by atoms with van der Waals surface area (Å²) >= 11 is 0. The van der Waals surface area contributed by atoms with E-state index in [2.05, 4.69) is 22.2 Å². The van der Waals surface area contributed by atoms with Crippen molar-refractivity contribution in [3.8, 4) is 11.4 Å². The van der Waals surface area contributed by atoms with Crippen molar-refractivity contribution in [2.75, 3.05) is 6.54 Å². The van der Waals surface area contributed by atoms with Gasteiger partial charge >= 0.3 is 0 Å². The number of imidazole rings is 1. The van der Waals surface area contributed by atoms with E-state index in [4.69, 9.17) is 0 Å². The molecule has 0 saturated carbocycles. The number of aromatic amines is 1. The van der Waals surface area contributed by atoms with E-state index in [1.165, 1.54) is 12.1 Å². The molecule has 0 radical (unpaired) electrons. The van der Waals surface area contributed by atoms with Crippen molar-refractivity contribution in [1.29, 1.82) is 0 Å². The van der Waals surface area contributed by atoms with Crippen molar-refractivity contribution >= 4 is 5.69 Å². The second-order valence-corrected chi connectivity index (χ2v) is 4.24. The summed E-state index contributed by atoms with van der Waals surface area (Å²) in [6, 6.07) is 6.35.